The molecule has 1 aliphatic heterocycles. The average Bonchev–Trinajstić information content (AvgIpc) is 3.02. The van der Waals surface area contributed by atoms with Crippen LogP contribution in [0.3, 0.4) is 0 Å². The van der Waals surface area contributed by atoms with E-state index in [1.165, 1.54) is 19.2 Å². The Bertz CT molecular complexity index is 1230. The molecule has 0 spiro atoms. The smallest absolute Gasteiger partial charge is 0.227 e. The molecule has 0 saturated carbocycles. The van der Waals surface area contributed by atoms with Gasteiger partial charge in [-0.05, 0) is 30.3 Å². The van der Waals surface area contributed by atoms with E-state index in [1.54, 1.807) is 18.5 Å². The maximum atomic E-state index is 11.9. The highest BCUT2D eigenvalue weighted by molar-refractivity contribution is 7.90. The lowest BCUT2D eigenvalue weighted by Crippen LogP contribution is -2.18. The molecule has 2 aromatic heterocycles. The van der Waals surface area contributed by atoms with E-state index < -0.39 is 9.84 Å². The fraction of sp³-hybridized carbons (Fsp3) is 0.286. The Labute approximate surface area is 175 Å². The molecule has 0 unspecified atom stereocenters. The van der Waals surface area contributed by atoms with Gasteiger partial charge in [-0.1, -0.05) is 13.8 Å². The third-order valence-electron chi connectivity index (χ3n) is 5.11. The molecule has 3 aromatic rings. The van der Waals surface area contributed by atoms with Crippen molar-refractivity contribution in [2.45, 2.75) is 24.2 Å². The zero-order valence-electron chi connectivity index (χ0n) is 17.2. The van der Waals surface area contributed by atoms with E-state index >= 15 is 0 Å². The van der Waals surface area contributed by atoms with Crippen molar-refractivity contribution in [3.8, 4) is 17.0 Å². The monoisotopic (exact) mass is 425 g/mol. The normalized spacial score (nSPS) is 14.7. The van der Waals surface area contributed by atoms with Gasteiger partial charge in [0.05, 0.1) is 23.4 Å². The molecule has 0 amide bonds. The summed E-state index contributed by atoms with van der Waals surface area (Å²) in [6.45, 7) is 5.18. The maximum Gasteiger partial charge on any atom is 0.227 e. The van der Waals surface area contributed by atoms with Gasteiger partial charge < -0.3 is 15.4 Å². The Morgan fingerprint density at radius 1 is 1.17 bits per heavy atom. The fourth-order valence-electron chi connectivity index (χ4n) is 3.38. The Morgan fingerprint density at radius 2 is 1.97 bits per heavy atom. The molecule has 0 aliphatic carbocycles. The highest BCUT2D eigenvalue weighted by Crippen LogP contribution is 2.37. The zero-order chi connectivity index (χ0) is 21.5. The number of hydrogen-bond donors (Lipinski definition) is 2. The number of hydrogen-bond acceptors (Lipinski definition) is 8. The highest BCUT2D eigenvalue weighted by atomic mass is 32.2. The SMILES string of the molecule is COc1ccc(S(C)(=O)=O)cc1Nc1nccc(-c2cnc3c(c2)C(C)(C)CN3)n1. The third-order valence-corrected chi connectivity index (χ3v) is 6.22. The first-order chi connectivity index (χ1) is 14.2. The standard InChI is InChI=1S/C21H23N5O3S/c1-21(2)12-24-19-15(21)9-13(11-23-19)16-7-8-22-20(25-16)26-17-10-14(30(4,27)28)5-6-18(17)29-3/h5-11H,12H2,1-4H3,(H,23,24)(H,22,25,26). The molecule has 1 aromatic carbocycles. The lowest BCUT2D eigenvalue weighted by molar-refractivity contribution is 0.416. The third kappa shape index (κ3) is 3.80. The Morgan fingerprint density at radius 3 is 2.70 bits per heavy atom. The predicted octanol–water partition coefficient (Wildman–Crippen LogP) is 3.40. The van der Waals surface area contributed by atoms with Crippen molar-refractivity contribution in [1.29, 1.82) is 0 Å². The molecule has 3 heterocycles. The van der Waals surface area contributed by atoms with Crippen molar-refractivity contribution in [2.75, 3.05) is 30.5 Å². The van der Waals surface area contributed by atoms with E-state index in [9.17, 15) is 8.42 Å². The fourth-order valence-corrected chi connectivity index (χ4v) is 4.02. The van der Waals surface area contributed by atoms with E-state index in [4.69, 9.17) is 4.74 Å². The summed E-state index contributed by atoms with van der Waals surface area (Å²) in [5.74, 6) is 1.72. The second-order valence-corrected chi connectivity index (χ2v) is 9.90. The molecule has 8 nitrogen and oxygen atoms in total. The van der Waals surface area contributed by atoms with Gasteiger partial charge in [-0.15, -0.1) is 0 Å². The van der Waals surface area contributed by atoms with E-state index in [1.807, 2.05) is 6.07 Å². The van der Waals surface area contributed by atoms with Gasteiger partial charge >= 0.3 is 0 Å². The quantitative estimate of drug-likeness (QED) is 0.641. The summed E-state index contributed by atoms with van der Waals surface area (Å²) in [5, 5.41) is 6.39. The van der Waals surface area contributed by atoms with Crippen LogP contribution in [0, 0.1) is 0 Å². The number of sulfone groups is 1. The number of rotatable bonds is 5. The first-order valence-corrected chi connectivity index (χ1v) is 11.3. The highest BCUT2D eigenvalue weighted by Gasteiger charge is 2.31. The molecule has 1 aliphatic rings. The molecule has 0 bridgehead atoms. The zero-order valence-corrected chi connectivity index (χ0v) is 18.0. The van der Waals surface area contributed by atoms with E-state index in [-0.39, 0.29) is 10.3 Å². The van der Waals surface area contributed by atoms with Crippen LogP contribution >= 0.6 is 0 Å². The second kappa shape index (κ2) is 7.24. The number of pyridine rings is 1. The summed E-state index contributed by atoms with van der Waals surface area (Å²) < 4.78 is 29.2. The number of methoxy groups -OCH3 is 1. The Balaban J connectivity index is 1.69. The van der Waals surface area contributed by atoms with Gasteiger partial charge in [-0.2, -0.15) is 0 Å². The number of nitrogens with one attached hydrogen (secondary N) is 2. The van der Waals surface area contributed by atoms with Gasteiger partial charge in [0.15, 0.2) is 9.84 Å². The summed E-state index contributed by atoms with van der Waals surface area (Å²) in [7, 11) is -1.84. The minimum Gasteiger partial charge on any atom is -0.495 e. The summed E-state index contributed by atoms with van der Waals surface area (Å²) in [6, 6.07) is 8.52. The maximum absolute atomic E-state index is 11.9. The lowest BCUT2D eigenvalue weighted by Gasteiger charge is -2.17. The van der Waals surface area contributed by atoms with Crippen LogP contribution in [0.25, 0.3) is 11.3 Å². The molecular weight excluding hydrogens is 402 g/mol. The minimum atomic E-state index is -3.36. The number of nitrogens with zero attached hydrogens (tertiary/aromatic N) is 3. The summed E-state index contributed by atoms with van der Waals surface area (Å²) in [4.78, 5) is 13.6. The predicted molar refractivity (Wildman–Crippen MR) is 116 cm³/mol. The van der Waals surface area contributed by atoms with E-state index in [0.29, 0.717) is 23.1 Å². The topological polar surface area (TPSA) is 106 Å². The number of benzene rings is 1. The van der Waals surface area contributed by atoms with Crippen LogP contribution in [-0.4, -0.2) is 43.3 Å². The van der Waals surface area contributed by atoms with Crippen LogP contribution in [0.5, 0.6) is 5.75 Å². The molecule has 156 valence electrons. The van der Waals surface area contributed by atoms with E-state index in [0.717, 1.165) is 29.7 Å². The lowest BCUT2D eigenvalue weighted by atomic mass is 9.87. The largest absolute Gasteiger partial charge is 0.495 e. The number of ether oxygens (including phenoxy) is 1. The Hall–Kier alpha value is -3.20. The van der Waals surface area contributed by atoms with Gasteiger partial charge in [-0.25, -0.2) is 23.4 Å². The van der Waals surface area contributed by atoms with Crippen molar-refractivity contribution < 1.29 is 13.2 Å². The van der Waals surface area contributed by atoms with Crippen LogP contribution < -0.4 is 15.4 Å². The average molecular weight is 426 g/mol. The minimum absolute atomic E-state index is 0.00803. The van der Waals surface area contributed by atoms with Crippen LogP contribution in [-0.2, 0) is 15.3 Å². The summed E-state index contributed by atoms with van der Waals surface area (Å²) in [5.41, 5.74) is 3.20. The van der Waals surface area contributed by atoms with Crippen molar-refractivity contribution >= 4 is 27.3 Å². The first kappa shape index (κ1) is 20.1. The van der Waals surface area contributed by atoms with Crippen LogP contribution in [0.2, 0.25) is 0 Å². The van der Waals surface area contributed by atoms with E-state index in [2.05, 4.69) is 45.5 Å². The van der Waals surface area contributed by atoms with Crippen LogP contribution in [0.4, 0.5) is 17.5 Å². The number of anilines is 3. The molecular formula is C21H23N5O3S. The van der Waals surface area contributed by atoms with Gasteiger partial charge in [0.2, 0.25) is 5.95 Å². The van der Waals surface area contributed by atoms with Crippen LogP contribution in [0.15, 0.2) is 47.6 Å². The van der Waals surface area contributed by atoms with Crippen molar-refractivity contribution in [3.05, 3.63) is 48.3 Å². The molecule has 0 atom stereocenters. The van der Waals surface area contributed by atoms with Gasteiger partial charge in [0.25, 0.3) is 0 Å². The first-order valence-electron chi connectivity index (χ1n) is 9.40. The van der Waals surface area contributed by atoms with Crippen molar-refractivity contribution in [2.24, 2.45) is 0 Å². The Kier molecular flexibility index (Phi) is 4.85. The molecule has 0 saturated heterocycles. The molecule has 9 heteroatoms. The molecule has 30 heavy (non-hydrogen) atoms. The van der Waals surface area contributed by atoms with Gasteiger partial charge in [0, 0.05) is 41.7 Å². The molecule has 0 radical (unpaired) electrons. The molecule has 2 N–H and O–H groups in total. The molecule has 0 fully saturated rings. The van der Waals surface area contributed by atoms with Crippen LogP contribution in [0.1, 0.15) is 19.4 Å². The van der Waals surface area contributed by atoms with Gasteiger partial charge in [-0.3, -0.25) is 0 Å². The van der Waals surface area contributed by atoms with Crippen molar-refractivity contribution in [1.82, 2.24) is 15.0 Å². The second-order valence-electron chi connectivity index (χ2n) is 7.88. The number of fused-ring (bicyclic) bond motifs is 1. The molecule has 4 rings (SSSR count). The summed E-state index contributed by atoms with van der Waals surface area (Å²) in [6.07, 6.45) is 4.59. The number of aromatic nitrogens is 3. The van der Waals surface area contributed by atoms with Crippen molar-refractivity contribution in [3.63, 3.8) is 0 Å². The summed E-state index contributed by atoms with van der Waals surface area (Å²) >= 11 is 0. The van der Waals surface area contributed by atoms with Gasteiger partial charge in [0.1, 0.15) is 11.6 Å².